The smallest absolute Gasteiger partial charge is 0.475 e. The number of carbonyl (C=O) groups is 2. The van der Waals surface area contributed by atoms with Crippen LogP contribution in [0.3, 0.4) is 0 Å². The number of alkyl halides is 3. The Balaban J connectivity index is 0.000000277. The van der Waals surface area contributed by atoms with Crippen LogP contribution >= 0.6 is 0 Å². The summed E-state index contributed by atoms with van der Waals surface area (Å²) >= 11 is 0. The highest BCUT2D eigenvalue weighted by Gasteiger charge is 2.38. The lowest BCUT2D eigenvalue weighted by Crippen LogP contribution is -2.57. The van der Waals surface area contributed by atoms with Gasteiger partial charge in [-0.25, -0.2) is 4.79 Å². The maximum Gasteiger partial charge on any atom is 0.490 e. The number of amides is 1. The maximum atomic E-state index is 11.5. The monoisotopic (exact) mass is 362 g/mol. The number of carboxylic acids is 1. The fourth-order valence-electron chi connectivity index (χ4n) is 3.16. The average molecular weight is 362 g/mol. The number of furan rings is 1. The zero-order valence-electron chi connectivity index (χ0n) is 13.6. The molecule has 1 amide bonds. The summed E-state index contributed by atoms with van der Waals surface area (Å²) in [5, 5.41) is 10.4. The van der Waals surface area contributed by atoms with Crippen molar-refractivity contribution in [3.63, 3.8) is 0 Å². The summed E-state index contributed by atoms with van der Waals surface area (Å²) in [4.78, 5) is 22.9. The molecule has 1 aromatic rings. The fraction of sp³-hybridized carbons (Fsp3) is 0.625. The van der Waals surface area contributed by atoms with Gasteiger partial charge >= 0.3 is 12.1 Å². The highest BCUT2D eigenvalue weighted by Crippen LogP contribution is 2.31. The Morgan fingerprint density at radius 3 is 2.44 bits per heavy atom. The van der Waals surface area contributed by atoms with Gasteiger partial charge in [0.15, 0.2) is 0 Å². The van der Waals surface area contributed by atoms with Gasteiger partial charge in [0.05, 0.1) is 12.5 Å². The van der Waals surface area contributed by atoms with E-state index in [1.54, 1.807) is 6.26 Å². The minimum absolute atomic E-state index is 0.0994. The van der Waals surface area contributed by atoms with Gasteiger partial charge in [-0.15, -0.1) is 0 Å². The van der Waals surface area contributed by atoms with Crippen molar-refractivity contribution in [2.75, 3.05) is 13.1 Å². The predicted molar refractivity (Wildman–Crippen MR) is 81.6 cm³/mol. The molecule has 1 aromatic heterocycles. The molecule has 0 aromatic carbocycles. The van der Waals surface area contributed by atoms with E-state index in [1.165, 1.54) is 5.56 Å². The van der Waals surface area contributed by atoms with E-state index in [1.807, 2.05) is 12.3 Å². The molecule has 0 bridgehead atoms. The number of carbonyl (C=O) groups excluding carboxylic acids is 1. The summed E-state index contributed by atoms with van der Waals surface area (Å²) in [5.41, 5.74) is 1.33. The lowest BCUT2D eigenvalue weighted by atomic mass is 9.80. The van der Waals surface area contributed by atoms with Gasteiger partial charge in [-0.05, 0) is 31.7 Å². The number of nitrogens with one attached hydrogen (secondary N) is 1. The normalized spacial score (nSPS) is 20.5. The second-order valence-electron chi connectivity index (χ2n) is 6.39. The molecule has 0 radical (unpaired) electrons. The summed E-state index contributed by atoms with van der Waals surface area (Å²) in [5.74, 6) is -2.52. The van der Waals surface area contributed by atoms with E-state index in [2.05, 4.69) is 10.2 Å². The third-order valence-corrected chi connectivity index (χ3v) is 4.51. The molecule has 3 rings (SSSR count). The van der Waals surface area contributed by atoms with Gasteiger partial charge in [-0.1, -0.05) is 0 Å². The van der Waals surface area contributed by atoms with Gasteiger partial charge in [0, 0.05) is 37.2 Å². The molecule has 6 nitrogen and oxygen atoms in total. The first-order valence-electron chi connectivity index (χ1n) is 8.05. The zero-order valence-corrected chi connectivity index (χ0v) is 13.6. The molecule has 9 heteroatoms. The van der Waals surface area contributed by atoms with Crippen LogP contribution in [0, 0.1) is 0 Å². The summed E-state index contributed by atoms with van der Waals surface area (Å²) in [6.45, 7) is 3.08. The molecule has 25 heavy (non-hydrogen) atoms. The molecule has 1 spiro atoms. The first-order chi connectivity index (χ1) is 11.7. The molecule has 0 aliphatic carbocycles. The van der Waals surface area contributed by atoms with E-state index in [0.717, 1.165) is 45.3 Å². The van der Waals surface area contributed by atoms with Crippen molar-refractivity contribution >= 4 is 11.9 Å². The van der Waals surface area contributed by atoms with Gasteiger partial charge < -0.3 is 14.8 Å². The molecule has 0 unspecified atom stereocenters. The predicted octanol–water partition coefficient (Wildman–Crippen LogP) is 2.55. The van der Waals surface area contributed by atoms with Crippen LogP contribution in [0.25, 0.3) is 0 Å². The van der Waals surface area contributed by atoms with Gasteiger partial charge in [0.1, 0.15) is 0 Å². The SMILES string of the molecule is O=C(O)C(F)(F)F.O=C1CCCC2(CCN(Cc3ccoc3)CC2)N1. The summed E-state index contributed by atoms with van der Waals surface area (Å²) in [6.07, 6.45) is 3.52. The Morgan fingerprint density at radius 2 is 1.96 bits per heavy atom. The quantitative estimate of drug-likeness (QED) is 0.845. The average Bonchev–Trinajstić information content (AvgIpc) is 3.02. The maximum absolute atomic E-state index is 11.5. The molecule has 3 heterocycles. The van der Waals surface area contributed by atoms with E-state index in [-0.39, 0.29) is 11.4 Å². The molecular weight excluding hydrogens is 341 g/mol. The van der Waals surface area contributed by atoms with Crippen LogP contribution in [0.1, 0.15) is 37.7 Å². The number of hydrogen-bond donors (Lipinski definition) is 2. The van der Waals surface area contributed by atoms with Crippen molar-refractivity contribution in [1.29, 1.82) is 0 Å². The van der Waals surface area contributed by atoms with Crippen LogP contribution in [0.15, 0.2) is 23.0 Å². The molecule has 2 aliphatic heterocycles. The summed E-state index contributed by atoms with van der Waals surface area (Å²) in [6, 6.07) is 2.02. The molecule has 2 saturated heterocycles. The van der Waals surface area contributed by atoms with E-state index in [4.69, 9.17) is 14.3 Å². The molecule has 2 aliphatic rings. The Morgan fingerprint density at radius 1 is 1.32 bits per heavy atom. The molecule has 2 fully saturated rings. The molecule has 140 valence electrons. The van der Waals surface area contributed by atoms with E-state index in [0.29, 0.717) is 6.42 Å². The van der Waals surface area contributed by atoms with Crippen molar-refractivity contribution in [3.05, 3.63) is 24.2 Å². The fourth-order valence-corrected chi connectivity index (χ4v) is 3.16. The largest absolute Gasteiger partial charge is 0.490 e. The van der Waals surface area contributed by atoms with Crippen LogP contribution in [-0.4, -0.2) is 46.7 Å². The number of likely N-dealkylation sites (tertiary alicyclic amines) is 1. The molecular formula is C16H21F3N2O4. The third kappa shape index (κ3) is 5.77. The first kappa shape index (κ1) is 19.3. The Hall–Kier alpha value is -2.03. The molecule has 2 N–H and O–H groups in total. The number of rotatable bonds is 2. The first-order valence-corrected chi connectivity index (χ1v) is 8.05. The number of nitrogens with zero attached hydrogens (tertiary/aromatic N) is 1. The van der Waals surface area contributed by atoms with Gasteiger partial charge in [0.2, 0.25) is 5.91 Å². The van der Waals surface area contributed by atoms with Gasteiger partial charge in [-0.2, -0.15) is 13.2 Å². The van der Waals surface area contributed by atoms with Gasteiger partial charge in [0.25, 0.3) is 0 Å². The third-order valence-electron chi connectivity index (χ3n) is 4.51. The minimum Gasteiger partial charge on any atom is -0.475 e. The number of piperidine rings is 2. The number of hydrogen-bond acceptors (Lipinski definition) is 4. The highest BCUT2D eigenvalue weighted by molar-refractivity contribution is 5.77. The van der Waals surface area contributed by atoms with Crippen molar-refractivity contribution in [1.82, 2.24) is 10.2 Å². The van der Waals surface area contributed by atoms with Crippen molar-refractivity contribution in [3.8, 4) is 0 Å². The molecule has 0 saturated carbocycles. The second-order valence-corrected chi connectivity index (χ2v) is 6.39. The van der Waals surface area contributed by atoms with Crippen molar-refractivity contribution in [2.24, 2.45) is 0 Å². The zero-order chi connectivity index (χ0) is 18.5. The Labute approximate surface area is 143 Å². The van der Waals surface area contributed by atoms with E-state index >= 15 is 0 Å². The van der Waals surface area contributed by atoms with Crippen LogP contribution in [0.2, 0.25) is 0 Å². The lowest BCUT2D eigenvalue weighted by Gasteiger charge is -2.44. The van der Waals surface area contributed by atoms with E-state index < -0.39 is 12.1 Å². The number of aliphatic carboxylic acids is 1. The van der Waals surface area contributed by atoms with Crippen molar-refractivity contribution in [2.45, 2.75) is 50.4 Å². The number of halogens is 3. The summed E-state index contributed by atoms with van der Waals surface area (Å²) < 4.78 is 36.8. The van der Waals surface area contributed by atoms with Crippen LogP contribution in [0.4, 0.5) is 13.2 Å². The minimum atomic E-state index is -5.08. The Kier molecular flexibility index (Phi) is 6.10. The van der Waals surface area contributed by atoms with E-state index in [9.17, 15) is 18.0 Å². The highest BCUT2D eigenvalue weighted by atomic mass is 19.4. The standard InChI is InChI=1S/C14H20N2O2.C2HF3O2/c17-13-2-1-4-14(15-13)5-7-16(8-6-14)10-12-3-9-18-11-12;3-2(4,5)1(6)7/h3,9,11H,1-2,4-8,10H2,(H,15,17);(H,6,7). The second kappa shape index (κ2) is 7.90. The van der Waals surface area contributed by atoms with Crippen LogP contribution in [0.5, 0.6) is 0 Å². The Bertz CT molecular complexity index is 579. The summed E-state index contributed by atoms with van der Waals surface area (Å²) in [7, 11) is 0. The molecule has 0 atom stereocenters. The lowest BCUT2D eigenvalue weighted by molar-refractivity contribution is -0.192. The van der Waals surface area contributed by atoms with Gasteiger partial charge in [-0.3, -0.25) is 9.69 Å². The van der Waals surface area contributed by atoms with Crippen LogP contribution in [-0.2, 0) is 16.1 Å². The number of carboxylic acid groups (broad SMARTS) is 1. The van der Waals surface area contributed by atoms with Crippen LogP contribution < -0.4 is 5.32 Å². The topological polar surface area (TPSA) is 82.8 Å². The van der Waals surface area contributed by atoms with Crippen molar-refractivity contribution < 1.29 is 32.3 Å².